The van der Waals surface area contributed by atoms with Crippen LogP contribution in [0.25, 0.3) is 0 Å². The summed E-state index contributed by atoms with van der Waals surface area (Å²) in [4.78, 5) is 31.4. The molecule has 3 fully saturated rings. The third-order valence-corrected chi connectivity index (χ3v) is 5.95. The van der Waals surface area contributed by atoms with Gasteiger partial charge in [-0.15, -0.1) is 0 Å². The van der Waals surface area contributed by atoms with Crippen molar-refractivity contribution in [2.45, 2.75) is 12.3 Å². The molecule has 134 valence electrons. The van der Waals surface area contributed by atoms with Crippen LogP contribution in [0.5, 0.6) is 0 Å². The molecule has 4 rings (SSSR count). The van der Waals surface area contributed by atoms with Gasteiger partial charge in [0.05, 0.1) is 18.6 Å². The Morgan fingerprint density at radius 1 is 1.12 bits per heavy atom. The molecule has 3 saturated heterocycles. The van der Waals surface area contributed by atoms with Gasteiger partial charge in [0.2, 0.25) is 5.91 Å². The summed E-state index contributed by atoms with van der Waals surface area (Å²) in [5.74, 6) is 0.326. The summed E-state index contributed by atoms with van der Waals surface area (Å²) in [5, 5.41) is 0. The highest BCUT2D eigenvalue weighted by molar-refractivity contribution is 5.88. The molecule has 2 unspecified atom stereocenters. The van der Waals surface area contributed by atoms with E-state index in [1.807, 2.05) is 39.9 Å². The summed E-state index contributed by atoms with van der Waals surface area (Å²) in [6.07, 6.45) is 0.742. The number of rotatable bonds is 1. The molecular weight excluding hydrogens is 318 g/mol. The van der Waals surface area contributed by atoms with E-state index < -0.39 is 5.41 Å². The van der Waals surface area contributed by atoms with Gasteiger partial charge in [-0.3, -0.25) is 4.79 Å². The minimum absolute atomic E-state index is 0.0503. The second kappa shape index (κ2) is 6.33. The van der Waals surface area contributed by atoms with E-state index in [-0.39, 0.29) is 17.9 Å². The van der Waals surface area contributed by atoms with Gasteiger partial charge in [-0.1, -0.05) is 30.3 Å². The Hall–Kier alpha value is -2.08. The van der Waals surface area contributed by atoms with Crippen molar-refractivity contribution < 1.29 is 14.3 Å². The first-order valence-corrected chi connectivity index (χ1v) is 9.04. The van der Waals surface area contributed by atoms with Gasteiger partial charge in [0.15, 0.2) is 0 Å². The van der Waals surface area contributed by atoms with Crippen LogP contribution >= 0.6 is 0 Å². The highest BCUT2D eigenvalue weighted by Gasteiger charge is 2.57. The molecule has 0 N–H and O–H groups in total. The largest absolute Gasteiger partial charge is 0.378 e. The van der Waals surface area contributed by atoms with Crippen molar-refractivity contribution in [3.05, 3.63) is 35.9 Å². The lowest BCUT2D eigenvalue weighted by molar-refractivity contribution is -0.134. The van der Waals surface area contributed by atoms with E-state index >= 15 is 0 Å². The van der Waals surface area contributed by atoms with Crippen molar-refractivity contribution in [3.63, 3.8) is 0 Å². The van der Waals surface area contributed by atoms with Gasteiger partial charge in [0.1, 0.15) is 0 Å². The summed E-state index contributed by atoms with van der Waals surface area (Å²) in [6, 6.07) is 10.3. The predicted molar refractivity (Wildman–Crippen MR) is 93.2 cm³/mol. The quantitative estimate of drug-likeness (QED) is 0.774. The maximum atomic E-state index is 13.0. The molecule has 0 aromatic heterocycles. The number of likely N-dealkylation sites (N-methyl/N-ethyl adjacent to an activating group) is 1. The highest BCUT2D eigenvalue weighted by Crippen LogP contribution is 2.49. The van der Waals surface area contributed by atoms with Gasteiger partial charge in [-0.25, -0.2) is 4.79 Å². The van der Waals surface area contributed by atoms with Crippen LogP contribution in [0.4, 0.5) is 4.79 Å². The number of nitrogens with zero attached hydrogens (tertiary/aromatic N) is 3. The van der Waals surface area contributed by atoms with Crippen molar-refractivity contribution >= 4 is 11.9 Å². The predicted octanol–water partition coefficient (Wildman–Crippen LogP) is 1.39. The molecule has 3 aliphatic heterocycles. The summed E-state index contributed by atoms with van der Waals surface area (Å²) >= 11 is 0. The molecule has 6 heteroatoms. The van der Waals surface area contributed by atoms with Crippen molar-refractivity contribution in [3.8, 4) is 0 Å². The first-order chi connectivity index (χ1) is 12.1. The molecule has 1 spiro atoms. The Kier molecular flexibility index (Phi) is 4.15. The molecule has 1 aromatic carbocycles. The summed E-state index contributed by atoms with van der Waals surface area (Å²) in [5.41, 5.74) is 0.721. The first kappa shape index (κ1) is 16.4. The minimum Gasteiger partial charge on any atom is -0.378 e. The number of morpholine rings is 1. The third kappa shape index (κ3) is 2.68. The Bertz CT molecular complexity index is 659. The zero-order valence-corrected chi connectivity index (χ0v) is 14.7. The minimum atomic E-state index is -0.474. The molecule has 6 nitrogen and oxygen atoms in total. The third-order valence-electron chi connectivity index (χ3n) is 5.95. The molecule has 2 atom stereocenters. The number of carbonyl (C=O) groups excluding carboxylic acids is 2. The number of likely N-dealkylation sites (tertiary alicyclic amines) is 2. The Morgan fingerprint density at radius 2 is 1.84 bits per heavy atom. The second-order valence-corrected chi connectivity index (χ2v) is 7.36. The fraction of sp³-hybridized carbons (Fsp3) is 0.579. The fourth-order valence-electron chi connectivity index (χ4n) is 4.58. The van der Waals surface area contributed by atoms with Crippen LogP contribution in [0.3, 0.4) is 0 Å². The maximum absolute atomic E-state index is 13.0. The number of hydrogen-bond donors (Lipinski definition) is 0. The van der Waals surface area contributed by atoms with Crippen LogP contribution in [-0.2, 0) is 9.53 Å². The van der Waals surface area contributed by atoms with Gasteiger partial charge in [0, 0.05) is 45.7 Å². The van der Waals surface area contributed by atoms with Crippen LogP contribution < -0.4 is 0 Å². The number of benzene rings is 1. The molecule has 0 bridgehead atoms. The van der Waals surface area contributed by atoms with E-state index in [0.29, 0.717) is 39.4 Å². The lowest BCUT2D eigenvalue weighted by Gasteiger charge is -2.33. The van der Waals surface area contributed by atoms with E-state index in [1.54, 1.807) is 0 Å². The molecule has 3 heterocycles. The number of ether oxygens (including phenoxy) is 1. The lowest BCUT2D eigenvalue weighted by Crippen LogP contribution is -2.48. The number of amides is 3. The van der Waals surface area contributed by atoms with Gasteiger partial charge in [-0.05, 0) is 12.0 Å². The first-order valence-electron chi connectivity index (χ1n) is 9.04. The van der Waals surface area contributed by atoms with Gasteiger partial charge in [0.25, 0.3) is 0 Å². The molecule has 0 aliphatic carbocycles. The van der Waals surface area contributed by atoms with E-state index in [2.05, 4.69) is 12.1 Å². The Labute approximate surface area is 148 Å². The van der Waals surface area contributed by atoms with Crippen LogP contribution in [0.15, 0.2) is 30.3 Å². The average molecular weight is 343 g/mol. The smallest absolute Gasteiger partial charge is 0.320 e. The van der Waals surface area contributed by atoms with Crippen molar-refractivity contribution in [1.29, 1.82) is 0 Å². The lowest BCUT2D eigenvalue weighted by atomic mass is 9.73. The number of urea groups is 1. The van der Waals surface area contributed by atoms with Crippen LogP contribution in [0.2, 0.25) is 0 Å². The molecule has 0 radical (unpaired) electrons. The molecule has 3 amide bonds. The summed E-state index contributed by atoms with van der Waals surface area (Å²) < 4.78 is 5.34. The van der Waals surface area contributed by atoms with Gasteiger partial charge in [-0.2, -0.15) is 0 Å². The topological polar surface area (TPSA) is 53.1 Å². The zero-order chi connectivity index (χ0) is 17.4. The Balaban J connectivity index is 1.57. The summed E-state index contributed by atoms with van der Waals surface area (Å²) in [7, 11) is 1.87. The molecule has 1 aromatic rings. The van der Waals surface area contributed by atoms with Crippen molar-refractivity contribution in [2.24, 2.45) is 5.41 Å². The highest BCUT2D eigenvalue weighted by atomic mass is 16.5. The Morgan fingerprint density at radius 3 is 2.56 bits per heavy atom. The number of hydrogen-bond acceptors (Lipinski definition) is 3. The van der Waals surface area contributed by atoms with Crippen LogP contribution in [0.1, 0.15) is 17.9 Å². The number of carbonyl (C=O) groups is 2. The van der Waals surface area contributed by atoms with Crippen molar-refractivity contribution in [2.75, 3.05) is 53.0 Å². The monoisotopic (exact) mass is 343 g/mol. The van der Waals surface area contributed by atoms with Crippen LogP contribution in [-0.4, -0.2) is 79.6 Å². The molecule has 3 aliphatic rings. The fourth-order valence-corrected chi connectivity index (χ4v) is 4.58. The van der Waals surface area contributed by atoms with E-state index in [4.69, 9.17) is 4.74 Å². The van der Waals surface area contributed by atoms with E-state index in [0.717, 1.165) is 13.0 Å². The van der Waals surface area contributed by atoms with Crippen LogP contribution in [0, 0.1) is 5.41 Å². The van der Waals surface area contributed by atoms with Crippen molar-refractivity contribution in [1.82, 2.24) is 14.7 Å². The molecular formula is C19H25N3O3. The summed E-state index contributed by atoms with van der Waals surface area (Å²) in [6.45, 7) is 4.36. The van der Waals surface area contributed by atoms with Gasteiger partial charge < -0.3 is 19.4 Å². The zero-order valence-electron chi connectivity index (χ0n) is 14.7. The maximum Gasteiger partial charge on any atom is 0.320 e. The normalized spacial score (nSPS) is 29.7. The standard InChI is InChI=1S/C19H25N3O3/c1-20-13-16(15-5-3-2-4-6-15)19(17(20)23)7-8-22(14-19)18(24)21-9-11-25-12-10-21/h2-6,16H,7-14H2,1H3. The molecule has 0 saturated carbocycles. The second-order valence-electron chi connectivity index (χ2n) is 7.36. The van der Waals surface area contributed by atoms with E-state index in [9.17, 15) is 9.59 Å². The average Bonchev–Trinajstić information content (AvgIpc) is 3.21. The molecule has 25 heavy (non-hydrogen) atoms. The van der Waals surface area contributed by atoms with Gasteiger partial charge >= 0.3 is 6.03 Å². The van der Waals surface area contributed by atoms with E-state index in [1.165, 1.54) is 5.56 Å². The SMILES string of the molecule is CN1CC(c2ccccc2)C2(CCN(C(=O)N3CCOCC3)C2)C1=O.